The van der Waals surface area contributed by atoms with Crippen molar-refractivity contribution in [1.82, 2.24) is 0 Å². The molecule has 0 saturated heterocycles. The van der Waals surface area contributed by atoms with E-state index in [9.17, 15) is 4.39 Å². The third kappa shape index (κ3) is 6.37. The fourth-order valence-corrected chi connectivity index (χ4v) is 3.60. The van der Waals surface area contributed by atoms with Crippen LogP contribution in [0.15, 0.2) is 72.8 Å². The van der Waals surface area contributed by atoms with E-state index < -0.39 is 0 Å². The van der Waals surface area contributed by atoms with Crippen LogP contribution in [0.2, 0.25) is 0 Å². The molecule has 0 aromatic heterocycles. The minimum absolute atomic E-state index is 0.243. The maximum Gasteiger partial charge on any atom is 0.165 e. The Bertz CT molecular complexity index is 1020. The van der Waals surface area contributed by atoms with Gasteiger partial charge in [0.25, 0.3) is 0 Å². The van der Waals surface area contributed by atoms with Gasteiger partial charge in [-0.05, 0) is 80.1 Å². The van der Waals surface area contributed by atoms with E-state index in [1.54, 1.807) is 6.07 Å². The van der Waals surface area contributed by atoms with Gasteiger partial charge in [0.1, 0.15) is 11.5 Å². The highest BCUT2D eigenvalue weighted by Crippen LogP contribution is 2.31. The van der Waals surface area contributed by atoms with Gasteiger partial charge in [-0.25, -0.2) is 4.39 Å². The number of ether oxygens (including phenoxy) is 2. The Hall–Kier alpha value is -3.25. The Morgan fingerprint density at radius 1 is 0.938 bits per heavy atom. The van der Waals surface area contributed by atoms with Gasteiger partial charge in [-0.3, -0.25) is 0 Å². The predicted octanol–water partition coefficient (Wildman–Crippen LogP) is 7.71. The summed E-state index contributed by atoms with van der Waals surface area (Å²) in [6.45, 7) is 4.97. The van der Waals surface area contributed by atoms with Crippen LogP contribution in [0.4, 0.5) is 4.39 Å². The van der Waals surface area contributed by atoms with Crippen molar-refractivity contribution in [3.63, 3.8) is 0 Å². The minimum atomic E-state index is -0.370. The zero-order valence-corrected chi connectivity index (χ0v) is 18.9. The first-order valence-electron chi connectivity index (χ1n) is 11.3. The molecule has 3 aromatic carbocycles. The van der Waals surface area contributed by atoms with Crippen molar-refractivity contribution in [3.05, 3.63) is 89.7 Å². The number of aryl methyl sites for hydroxylation is 1. The van der Waals surface area contributed by atoms with Crippen LogP contribution in [0, 0.1) is 18.2 Å². The molecule has 0 bridgehead atoms. The summed E-state index contributed by atoms with van der Waals surface area (Å²) in [6, 6.07) is 22.4. The van der Waals surface area contributed by atoms with Gasteiger partial charge in [0.2, 0.25) is 0 Å². The Morgan fingerprint density at radius 3 is 2.38 bits per heavy atom. The molecular weight excluding hydrogens is 399 g/mol. The summed E-state index contributed by atoms with van der Waals surface area (Å²) in [7, 11) is 0. The highest BCUT2D eigenvalue weighted by molar-refractivity contribution is 5.38. The molecule has 0 N–H and O–H groups in total. The van der Waals surface area contributed by atoms with E-state index in [2.05, 4.69) is 31.9 Å². The largest absolute Gasteiger partial charge is 0.494 e. The predicted molar refractivity (Wildman–Crippen MR) is 129 cm³/mol. The zero-order valence-electron chi connectivity index (χ0n) is 18.9. The molecule has 3 rings (SSSR count). The van der Waals surface area contributed by atoms with E-state index in [1.165, 1.54) is 6.07 Å². The van der Waals surface area contributed by atoms with Crippen LogP contribution >= 0.6 is 0 Å². The SMILES string of the molecule is C#CC(C)(CCCc1ccc(F)c(Oc2ccccc2)c1)c1ccc(OCCCC)cc1. The van der Waals surface area contributed by atoms with Gasteiger partial charge in [-0.15, -0.1) is 6.42 Å². The molecule has 0 fully saturated rings. The van der Waals surface area contributed by atoms with Gasteiger partial charge < -0.3 is 9.47 Å². The normalized spacial score (nSPS) is 12.6. The first kappa shape index (κ1) is 23.4. The van der Waals surface area contributed by atoms with Crippen molar-refractivity contribution in [1.29, 1.82) is 0 Å². The summed E-state index contributed by atoms with van der Waals surface area (Å²) in [6.07, 6.45) is 10.6. The standard InChI is InChI=1S/C29H31FO2/c1-4-6-21-31-25-17-15-24(16-18-25)29(3,5-2)20-10-11-23-14-19-27(30)28(22-23)32-26-12-8-7-9-13-26/h2,7-9,12-19,22H,4,6,10-11,20-21H2,1,3H3. The van der Waals surface area contributed by atoms with Crippen molar-refractivity contribution in [3.8, 4) is 29.6 Å². The fraction of sp³-hybridized carbons (Fsp3) is 0.310. The summed E-state index contributed by atoms with van der Waals surface area (Å²) in [5.41, 5.74) is 1.76. The molecule has 3 heteroatoms. The van der Waals surface area contributed by atoms with E-state index >= 15 is 0 Å². The number of rotatable bonds is 11. The molecule has 3 aromatic rings. The lowest BCUT2D eigenvalue weighted by atomic mass is 9.78. The molecule has 0 aliphatic carbocycles. The van der Waals surface area contributed by atoms with E-state index in [0.717, 1.165) is 55.6 Å². The van der Waals surface area contributed by atoms with Crippen LogP contribution in [0.5, 0.6) is 17.2 Å². The smallest absolute Gasteiger partial charge is 0.165 e. The molecule has 0 aliphatic rings. The molecule has 32 heavy (non-hydrogen) atoms. The Balaban J connectivity index is 1.60. The molecule has 1 atom stereocenters. The van der Waals surface area contributed by atoms with Crippen LogP contribution in [-0.2, 0) is 11.8 Å². The van der Waals surface area contributed by atoms with Gasteiger partial charge in [0.05, 0.1) is 12.0 Å². The number of halogens is 1. The number of benzene rings is 3. The molecule has 2 nitrogen and oxygen atoms in total. The van der Waals surface area contributed by atoms with Crippen molar-refractivity contribution in [2.45, 2.75) is 51.4 Å². The molecule has 0 heterocycles. The number of para-hydroxylation sites is 1. The van der Waals surface area contributed by atoms with Crippen molar-refractivity contribution in [2.24, 2.45) is 0 Å². The number of terminal acetylenes is 1. The second-order valence-corrected chi connectivity index (χ2v) is 8.24. The van der Waals surface area contributed by atoms with Gasteiger partial charge in [-0.1, -0.05) is 55.7 Å². The average molecular weight is 431 g/mol. The second-order valence-electron chi connectivity index (χ2n) is 8.24. The van der Waals surface area contributed by atoms with Crippen LogP contribution in [0.3, 0.4) is 0 Å². The molecule has 0 amide bonds. The first-order valence-corrected chi connectivity index (χ1v) is 11.3. The second kappa shape index (κ2) is 11.4. The topological polar surface area (TPSA) is 18.5 Å². The maximum absolute atomic E-state index is 14.2. The molecule has 0 radical (unpaired) electrons. The molecular formula is C29H31FO2. The Labute approximate surface area is 191 Å². The van der Waals surface area contributed by atoms with Crippen LogP contribution < -0.4 is 9.47 Å². The lowest BCUT2D eigenvalue weighted by Gasteiger charge is -2.24. The van der Waals surface area contributed by atoms with Gasteiger partial charge in [0, 0.05) is 0 Å². The molecule has 0 saturated carbocycles. The molecule has 0 spiro atoms. The van der Waals surface area contributed by atoms with Crippen molar-refractivity contribution in [2.75, 3.05) is 6.61 Å². The number of hydrogen-bond acceptors (Lipinski definition) is 2. The summed E-state index contributed by atoms with van der Waals surface area (Å²) in [4.78, 5) is 0. The van der Waals surface area contributed by atoms with Crippen molar-refractivity contribution < 1.29 is 13.9 Å². The molecule has 166 valence electrons. The summed E-state index contributed by atoms with van der Waals surface area (Å²) < 4.78 is 25.7. The molecule has 1 unspecified atom stereocenters. The Morgan fingerprint density at radius 2 is 1.69 bits per heavy atom. The average Bonchev–Trinajstić information content (AvgIpc) is 2.82. The quantitative estimate of drug-likeness (QED) is 0.229. The van der Waals surface area contributed by atoms with E-state index in [-0.39, 0.29) is 17.0 Å². The van der Waals surface area contributed by atoms with Gasteiger partial charge in [-0.2, -0.15) is 0 Å². The van der Waals surface area contributed by atoms with Crippen molar-refractivity contribution >= 4 is 0 Å². The third-order valence-electron chi connectivity index (χ3n) is 5.69. The monoisotopic (exact) mass is 430 g/mol. The number of hydrogen-bond donors (Lipinski definition) is 0. The Kier molecular flexibility index (Phi) is 8.34. The lowest BCUT2D eigenvalue weighted by Crippen LogP contribution is -2.19. The van der Waals surface area contributed by atoms with Gasteiger partial charge >= 0.3 is 0 Å². The third-order valence-corrected chi connectivity index (χ3v) is 5.69. The fourth-order valence-electron chi connectivity index (χ4n) is 3.60. The summed E-state index contributed by atoms with van der Waals surface area (Å²) >= 11 is 0. The van der Waals surface area contributed by atoms with E-state index in [1.807, 2.05) is 48.5 Å². The van der Waals surface area contributed by atoms with Crippen LogP contribution in [0.25, 0.3) is 0 Å². The number of unbranched alkanes of at least 4 members (excludes halogenated alkanes) is 1. The zero-order chi connectivity index (χ0) is 22.8. The van der Waals surface area contributed by atoms with Gasteiger partial charge in [0.15, 0.2) is 11.6 Å². The molecule has 0 aliphatic heterocycles. The summed E-state index contributed by atoms with van der Waals surface area (Å²) in [5.74, 6) is 4.35. The minimum Gasteiger partial charge on any atom is -0.494 e. The lowest BCUT2D eigenvalue weighted by molar-refractivity contribution is 0.309. The highest BCUT2D eigenvalue weighted by atomic mass is 19.1. The van der Waals surface area contributed by atoms with Crippen LogP contribution in [-0.4, -0.2) is 6.61 Å². The first-order chi connectivity index (χ1) is 15.5. The maximum atomic E-state index is 14.2. The van der Waals surface area contributed by atoms with E-state index in [0.29, 0.717) is 5.75 Å². The summed E-state index contributed by atoms with van der Waals surface area (Å²) in [5, 5.41) is 0. The highest BCUT2D eigenvalue weighted by Gasteiger charge is 2.23. The van der Waals surface area contributed by atoms with E-state index in [4.69, 9.17) is 15.9 Å². The van der Waals surface area contributed by atoms with Crippen LogP contribution in [0.1, 0.15) is 50.7 Å².